The van der Waals surface area contributed by atoms with Gasteiger partial charge in [0, 0.05) is 22.8 Å². The van der Waals surface area contributed by atoms with Crippen LogP contribution in [-0.2, 0) is 13.0 Å². The number of oxime groups is 1. The summed E-state index contributed by atoms with van der Waals surface area (Å²) in [5.74, 6) is -0.348. The summed E-state index contributed by atoms with van der Waals surface area (Å²) in [4.78, 5) is 21.3. The van der Waals surface area contributed by atoms with Crippen molar-refractivity contribution < 1.29 is 10.0 Å². The van der Waals surface area contributed by atoms with Crippen LogP contribution in [0.4, 0.5) is 0 Å². The Labute approximate surface area is 125 Å². The largest absolute Gasteiger partial charge is 0.409 e. The maximum absolute atomic E-state index is 11.9. The number of hydrogen-bond acceptors (Lipinski definition) is 6. The van der Waals surface area contributed by atoms with Crippen molar-refractivity contribution in [2.75, 3.05) is 0 Å². The molecule has 21 heavy (non-hydrogen) atoms. The highest BCUT2D eigenvalue weighted by Gasteiger charge is 2.09. The molecule has 0 bridgehead atoms. The van der Waals surface area contributed by atoms with Crippen LogP contribution in [0.1, 0.15) is 32.9 Å². The summed E-state index contributed by atoms with van der Waals surface area (Å²) in [6.07, 6.45) is 4.13. The second-order valence-electron chi connectivity index (χ2n) is 4.17. The van der Waals surface area contributed by atoms with Crippen molar-refractivity contribution in [3.63, 3.8) is 0 Å². The van der Waals surface area contributed by atoms with Gasteiger partial charge >= 0.3 is 0 Å². The molecule has 0 saturated carbocycles. The number of carbonyl (C=O) groups is 1. The van der Waals surface area contributed by atoms with Crippen LogP contribution >= 0.6 is 11.3 Å². The molecule has 1 amide bonds. The van der Waals surface area contributed by atoms with Gasteiger partial charge in [-0.1, -0.05) is 12.1 Å². The number of nitrogens with one attached hydrogen (secondary N) is 1. The number of nitrogens with two attached hydrogens (primary N) is 1. The number of aryl methyl sites for hydroxylation is 1. The van der Waals surface area contributed by atoms with Crippen LogP contribution in [0.3, 0.4) is 0 Å². The molecule has 2 rings (SSSR count). The van der Waals surface area contributed by atoms with Crippen LogP contribution in [0.2, 0.25) is 0 Å². The van der Waals surface area contributed by atoms with Crippen LogP contribution < -0.4 is 11.1 Å². The van der Waals surface area contributed by atoms with Crippen molar-refractivity contribution in [2.24, 2.45) is 10.9 Å². The van der Waals surface area contributed by atoms with Crippen molar-refractivity contribution in [3.8, 4) is 0 Å². The van der Waals surface area contributed by atoms with Crippen LogP contribution in [0.5, 0.6) is 0 Å². The number of rotatable bonds is 5. The van der Waals surface area contributed by atoms with Crippen LogP contribution in [0, 0.1) is 0 Å². The molecule has 7 nitrogen and oxygen atoms in total. The zero-order valence-electron chi connectivity index (χ0n) is 11.4. The lowest BCUT2D eigenvalue weighted by atomic mass is 10.2. The van der Waals surface area contributed by atoms with Gasteiger partial charge in [-0.2, -0.15) is 0 Å². The molecule has 4 N–H and O–H groups in total. The highest BCUT2D eigenvalue weighted by Crippen LogP contribution is 2.13. The molecule has 0 saturated heterocycles. The molecular weight excluding hydrogens is 290 g/mol. The molecule has 0 atom stereocenters. The third kappa shape index (κ3) is 3.76. The molecule has 0 aliphatic heterocycles. The first-order valence-electron chi connectivity index (χ1n) is 6.29. The fraction of sp³-hybridized carbons (Fsp3) is 0.231. The smallest absolute Gasteiger partial charge is 0.270 e. The van der Waals surface area contributed by atoms with Crippen molar-refractivity contribution in [2.45, 2.75) is 19.9 Å². The molecule has 0 spiro atoms. The molecule has 0 aliphatic rings. The number of carbonyl (C=O) groups excluding carboxylic acids is 1. The lowest BCUT2D eigenvalue weighted by molar-refractivity contribution is 0.0946. The minimum Gasteiger partial charge on any atom is -0.409 e. The van der Waals surface area contributed by atoms with Gasteiger partial charge < -0.3 is 16.3 Å². The van der Waals surface area contributed by atoms with E-state index in [9.17, 15) is 4.79 Å². The van der Waals surface area contributed by atoms with E-state index in [0.29, 0.717) is 12.1 Å². The summed E-state index contributed by atoms with van der Waals surface area (Å²) < 4.78 is 0. The molecule has 8 heteroatoms. The minimum absolute atomic E-state index is 0.0515. The van der Waals surface area contributed by atoms with E-state index in [1.54, 1.807) is 17.4 Å². The van der Waals surface area contributed by atoms with E-state index in [-0.39, 0.29) is 17.4 Å². The molecule has 2 aromatic rings. The molecule has 0 fully saturated rings. The van der Waals surface area contributed by atoms with E-state index in [4.69, 9.17) is 10.9 Å². The van der Waals surface area contributed by atoms with Gasteiger partial charge in [-0.25, -0.2) is 4.98 Å². The molecule has 2 heterocycles. The number of nitrogens with zero attached hydrogens (tertiary/aromatic N) is 3. The first-order valence-corrected chi connectivity index (χ1v) is 7.11. The highest BCUT2D eigenvalue weighted by atomic mass is 32.1. The van der Waals surface area contributed by atoms with Gasteiger partial charge in [0.15, 0.2) is 5.84 Å². The molecular formula is C13H15N5O2S. The first kappa shape index (κ1) is 14.9. The number of aromatic nitrogens is 2. The van der Waals surface area contributed by atoms with E-state index < -0.39 is 0 Å². The van der Waals surface area contributed by atoms with Crippen molar-refractivity contribution in [1.82, 2.24) is 15.3 Å². The number of hydrogen-bond donors (Lipinski definition) is 3. The molecule has 2 aromatic heterocycles. The predicted octanol–water partition coefficient (Wildman–Crippen LogP) is 1.12. The standard InChI is InChI=1S/C13H15N5O2S/c1-2-9-6-16-11(21-9)7-17-13(19)10-4-3-8(5-15-10)12(14)18-20/h3-6,20H,2,7H2,1H3,(H2,14,18)(H,17,19). The SMILES string of the molecule is CCc1cnc(CNC(=O)c2ccc(/C(N)=N/O)cn2)s1. The van der Waals surface area contributed by atoms with Gasteiger partial charge in [0.05, 0.1) is 6.54 Å². The quantitative estimate of drug-likeness (QED) is 0.331. The van der Waals surface area contributed by atoms with Gasteiger partial charge in [0.2, 0.25) is 0 Å². The van der Waals surface area contributed by atoms with E-state index in [1.807, 2.05) is 6.20 Å². The molecule has 0 aliphatic carbocycles. The van der Waals surface area contributed by atoms with Crippen molar-refractivity contribution in [1.29, 1.82) is 0 Å². The van der Waals surface area contributed by atoms with Gasteiger partial charge in [-0.15, -0.1) is 11.3 Å². The van der Waals surface area contributed by atoms with Crippen LogP contribution in [-0.4, -0.2) is 26.9 Å². The summed E-state index contributed by atoms with van der Waals surface area (Å²) in [5, 5.41) is 15.0. The maximum Gasteiger partial charge on any atom is 0.270 e. The van der Waals surface area contributed by atoms with Crippen LogP contribution in [0.15, 0.2) is 29.7 Å². The number of thiazole rings is 1. The topological polar surface area (TPSA) is 113 Å². The Morgan fingerprint density at radius 1 is 1.43 bits per heavy atom. The summed E-state index contributed by atoms with van der Waals surface area (Å²) in [6.45, 7) is 2.43. The van der Waals surface area contributed by atoms with E-state index in [0.717, 1.165) is 11.4 Å². The first-order chi connectivity index (χ1) is 10.1. The maximum atomic E-state index is 11.9. The van der Waals surface area contributed by atoms with Gasteiger partial charge in [0.1, 0.15) is 10.7 Å². The molecule has 0 unspecified atom stereocenters. The van der Waals surface area contributed by atoms with Gasteiger partial charge in [-0.05, 0) is 18.6 Å². The molecule has 0 aromatic carbocycles. The number of amides is 1. The average molecular weight is 305 g/mol. The lowest BCUT2D eigenvalue weighted by Gasteiger charge is -2.03. The summed E-state index contributed by atoms with van der Waals surface area (Å²) in [6, 6.07) is 3.08. The monoisotopic (exact) mass is 305 g/mol. The van der Waals surface area contributed by atoms with Crippen molar-refractivity contribution >= 4 is 23.1 Å². The number of amidine groups is 1. The Balaban J connectivity index is 1.97. The summed E-state index contributed by atoms with van der Waals surface area (Å²) in [5.41, 5.74) is 6.13. The second kappa shape index (κ2) is 6.80. The van der Waals surface area contributed by atoms with Crippen molar-refractivity contribution in [3.05, 3.63) is 45.7 Å². The average Bonchev–Trinajstić information content (AvgIpc) is 3.00. The minimum atomic E-state index is -0.297. The van der Waals surface area contributed by atoms with Gasteiger partial charge in [0.25, 0.3) is 5.91 Å². The van der Waals surface area contributed by atoms with E-state index in [1.165, 1.54) is 17.1 Å². The summed E-state index contributed by atoms with van der Waals surface area (Å²) in [7, 11) is 0. The summed E-state index contributed by atoms with van der Waals surface area (Å²) >= 11 is 1.57. The van der Waals surface area contributed by atoms with E-state index in [2.05, 4.69) is 27.4 Å². The Morgan fingerprint density at radius 2 is 2.24 bits per heavy atom. The fourth-order valence-electron chi connectivity index (χ4n) is 1.58. The highest BCUT2D eigenvalue weighted by molar-refractivity contribution is 7.11. The lowest BCUT2D eigenvalue weighted by Crippen LogP contribution is -2.24. The fourth-order valence-corrected chi connectivity index (χ4v) is 2.38. The van der Waals surface area contributed by atoms with E-state index >= 15 is 0 Å². The Bertz CT molecular complexity index is 651. The number of pyridine rings is 1. The zero-order valence-corrected chi connectivity index (χ0v) is 12.2. The molecule has 110 valence electrons. The second-order valence-corrected chi connectivity index (χ2v) is 5.37. The third-order valence-corrected chi connectivity index (χ3v) is 3.89. The Morgan fingerprint density at radius 3 is 2.81 bits per heavy atom. The third-order valence-electron chi connectivity index (χ3n) is 2.75. The zero-order chi connectivity index (χ0) is 15.2. The Kier molecular flexibility index (Phi) is 4.83. The normalized spacial score (nSPS) is 11.4. The van der Waals surface area contributed by atoms with Crippen LogP contribution in [0.25, 0.3) is 0 Å². The van der Waals surface area contributed by atoms with Gasteiger partial charge in [-0.3, -0.25) is 9.78 Å². The molecule has 0 radical (unpaired) electrons. The predicted molar refractivity (Wildman–Crippen MR) is 79.4 cm³/mol. The Hall–Kier alpha value is -2.48.